The van der Waals surface area contributed by atoms with E-state index in [2.05, 4.69) is 31.8 Å². The number of hydrogen-bond donors (Lipinski definition) is 2. The lowest BCUT2D eigenvalue weighted by Gasteiger charge is -2.09. The highest BCUT2D eigenvalue weighted by Gasteiger charge is 2.03. The molecule has 2 aromatic carbocycles. The number of nitro groups is 1. The van der Waals surface area contributed by atoms with Crippen molar-refractivity contribution in [1.82, 2.24) is 5.43 Å². The molecule has 0 spiro atoms. The molecule has 0 saturated carbocycles. The summed E-state index contributed by atoms with van der Waals surface area (Å²) in [4.78, 5) is 14.5. The lowest BCUT2D eigenvalue weighted by atomic mass is 10.3. The van der Waals surface area contributed by atoms with Crippen molar-refractivity contribution in [1.29, 1.82) is 0 Å². The average molecular weight is 349 g/mol. The minimum atomic E-state index is -0.433. The highest BCUT2D eigenvalue weighted by Crippen LogP contribution is 2.17. The van der Waals surface area contributed by atoms with Gasteiger partial charge in [0.15, 0.2) is 0 Å². The summed E-state index contributed by atoms with van der Waals surface area (Å²) in [6.45, 7) is 1.82. The predicted molar refractivity (Wildman–Crippen MR) is 86.8 cm³/mol. The maximum atomic E-state index is 10.6. The first kappa shape index (κ1) is 15.0. The van der Waals surface area contributed by atoms with Crippen LogP contribution in [0.5, 0.6) is 0 Å². The van der Waals surface area contributed by atoms with Gasteiger partial charge in [0.2, 0.25) is 0 Å². The smallest absolute Gasteiger partial charge is 0.269 e. The molecule has 2 rings (SSSR count). The van der Waals surface area contributed by atoms with Crippen molar-refractivity contribution in [2.45, 2.75) is 6.92 Å². The van der Waals surface area contributed by atoms with E-state index in [0.717, 1.165) is 10.2 Å². The lowest BCUT2D eigenvalue weighted by molar-refractivity contribution is -0.384. The molecule has 21 heavy (non-hydrogen) atoms. The number of non-ortho nitro benzene ring substituents is 1. The van der Waals surface area contributed by atoms with E-state index in [1.165, 1.54) is 12.1 Å². The van der Waals surface area contributed by atoms with E-state index in [1.54, 1.807) is 12.1 Å². The molecule has 0 aliphatic carbocycles. The monoisotopic (exact) mass is 348 g/mol. The van der Waals surface area contributed by atoms with Gasteiger partial charge in [-0.2, -0.15) is 0 Å². The summed E-state index contributed by atoms with van der Waals surface area (Å²) in [5.74, 6) is 0.677. The zero-order valence-electron chi connectivity index (χ0n) is 11.2. The number of rotatable bonds is 4. The van der Waals surface area contributed by atoms with E-state index >= 15 is 0 Å². The Kier molecular flexibility index (Phi) is 4.89. The number of nitrogens with one attached hydrogen (secondary N) is 2. The van der Waals surface area contributed by atoms with Crippen LogP contribution in [-0.4, -0.2) is 10.8 Å². The molecule has 0 heterocycles. The summed E-state index contributed by atoms with van der Waals surface area (Å²) < 4.78 is 0.996. The zero-order valence-corrected chi connectivity index (χ0v) is 12.8. The van der Waals surface area contributed by atoms with Gasteiger partial charge in [0.1, 0.15) is 5.84 Å². The van der Waals surface area contributed by atoms with Gasteiger partial charge in [-0.1, -0.05) is 15.9 Å². The van der Waals surface area contributed by atoms with E-state index in [0.29, 0.717) is 11.5 Å². The highest BCUT2D eigenvalue weighted by atomic mass is 79.9. The van der Waals surface area contributed by atoms with E-state index in [-0.39, 0.29) is 5.69 Å². The molecule has 0 aromatic heterocycles. The molecule has 0 radical (unpaired) electrons. The molecular weight excluding hydrogens is 336 g/mol. The third-order valence-electron chi connectivity index (χ3n) is 2.59. The summed E-state index contributed by atoms with van der Waals surface area (Å²) >= 11 is 3.36. The Morgan fingerprint density at radius 2 is 1.76 bits per heavy atom. The van der Waals surface area contributed by atoms with Gasteiger partial charge in [0, 0.05) is 16.6 Å². The largest absolute Gasteiger partial charge is 0.300 e. The molecule has 0 aliphatic heterocycles. The van der Waals surface area contributed by atoms with Crippen molar-refractivity contribution in [3.8, 4) is 0 Å². The molecule has 108 valence electrons. The SMILES string of the molecule is CC(=Nc1ccc(Br)cc1)NNc1ccc([N+](=O)[O-])cc1. The Balaban J connectivity index is 1.95. The number of hydrogen-bond acceptors (Lipinski definition) is 4. The molecule has 0 aliphatic rings. The van der Waals surface area contributed by atoms with Crippen LogP contribution in [0.1, 0.15) is 6.92 Å². The van der Waals surface area contributed by atoms with Gasteiger partial charge in [-0.15, -0.1) is 0 Å². The van der Waals surface area contributed by atoms with Gasteiger partial charge in [0.05, 0.1) is 16.3 Å². The number of aliphatic imine (C=N–C) groups is 1. The molecule has 0 amide bonds. The van der Waals surface area contributed by atoms with E-state index in [9.17, 15) is 10.1 Å². The van der Waals surface area contributed by atoms with Crippen molar-refractivity contribution in [2.75, 3.05) is 5.43 Å². The number of halogens is 1. The first-order chi connectivity index (χ1) is 10.0. The van der Waals surface area contributed by atoms with Gasteiger partial charge >= 0.3 is 0 Å². The highest BCUT2D eigenvalue weighted by molar-refractivity contribution is 9.10. The number of anilines is 1. The standard InChI is InChI=1S/C14H13BrN4O2/c1-10(16-12-4-2-11(15)3-5-12)17-18-13-6-8-14(9-7-13)19(20)21/h2-9,18H,1H3,(H,16,17). The Hall–Kier alpha value is -2.41. The Labute approximate surface area is 130 Å². The van der Waals surface area contributed by atoms with Crippen molar-refractivity contribution in [2.24, 2.45) is 4.99 Å². The average Bonchev–Trinajstić information content (AvgIpc) is 2.48. The Bertz CT molecular complexity index is 654. The Morgan fingerprint density at radius 3 is 2.33 bits per heavy atom. The van der Waals surface area contributed by atoms with Crippen LogP contribution >= 0.6 is 15.9 Å². The van der Waals surface area contributed by atoms with E-state index < -0.39 is 4.92 Å². The van der Waals surface area contributed by atoms with Gasteiger partial charge in [-0.3, -0.25) is 21.0 Å². The maximum Gasteiger partial charge on any atom is 0.269 e. The second kappa shape index (κ2) is 6.85. The molecule has 0 unspecified atom stereocenters. The fourth-order valence-corrected chi connectivity index (χ4v) is 1.83. The van der Waals surface area contributed by atoms with Crippen molar-refractivity contribution < 1.29 is 4.92 Å². The van der Waals surface area contributed by atoms with Crippen molar-refractivity contribution in [3.05, 3.63) is 63.1 Å². The first-order valence-electron chi connectivity index (χ1n) is 6.12. The quantitative estimate of drug-likeness (QED) is 0.378. The van der Waals surface area contributed by atoms with Crippen LogP contribution < -0.4 is 10.9 Å². The van der Waals surface area contributed by atoms with Crippen LogP contribution in [0.15, 0.2) is 58.0 Å². The second-order valence-corrected chi connectivity index (χ2v) is 5.14. The van der Waals surface area contributed by atoms with Crippen LogP contribution in [0, 0.1) is 10.1 Å². The van der Waals surface area contributed by atoms with Crippen molar-refractivity contribution in [3.63, 3.8) is 0 Å². The van der Waals surface area contributed by atoms with Crippen LogP contribution in [-0.2, 0) is 0 Å². The normalized spacial score (nSPS) is 11.0. The van der Waals surface area contributed by atoms with Crippen molar-refractivity contribution >= 4 is 38.8 Å². The molecule has 2 aromatic rings. The van der Waals surface area contributed by atoms with Crippen LogP contribution in [0.4, 0.5) is 17.1 Å². The summed E-state index contributed by atoms with van der Waals surface area (Å²) in [5.41, 5.74) is 7.46. The van der Waals surface area contributed by atoms with Crippen LogP contribution in [0.3, 0.4) is 0 Å². The van der Waals surface area contributed by atoms with Crippen LogP contribution in [0.2, 0.25) is 0 Å². The fourth-order valence-electron chi connectivity index (χ4n) is 1.57. The molecule has 6 nitrogen and oxygen atoms in total. The summed E-state index contributed by atoms with van der Waals surface area (Å²) in [7, 11) is 0. The number of hydrazine groups is 1. The number of nitro benzene ring substituents is 1. The van der Waals surface area contributed by atoms with Gasteiger partial charge in [-0.05, 0) is 43.3 Å². The number of nitrogens with zero attached hydrogens (tertiary/aromatic N) is 2. The minimum Gasteiger partial charge on any atom is -0.300 e. The molecule has 2 N–H and O–H groups in total. The Morgan fingerprint density at radius 1 is 1.14 bits per heavy atom. The second-order valence-electron chi connectivity index (χ2n) is 4.23. The van der Waals surface area contributed by atoms with E-state index in [1.807, 2.05) is 31.2 Å². The maximum absolute atomic E-state index is 10.6. The van der Waals surface area contributed by atoms with Gasteiger partial charge in [-0.25, -0.2) is 4.99 Å². The molecular formula is C14H13BrN4O2. The number of amidine groups is 1. The first-order valence-corrected chi connectivity index (χ1v) is 6.91. The topological polar surface area (TPSA) is 79.6 Å². The third-order valence-corrected chi connectivity index (χ3v) is 3.12. The third kappa shape index (κ3) is 4.57. The molecule has 0 bridgehead atoms. The van der Waals surface area contributed by atoms with Crippen LogP contribution in [0.25, 0.3) is 0 Å². The summed E-state index contributed by atoms with van der Waals surface area (Å²) in [5, 5.41) is 10.6. The molecule has 7 heteroatoms. The molecule has 0 saturated heterocycles. The summed E-state index contributed by atoms with van der Waals surface area (Å²) in [6.07, 6.45) is 0. The summed E-state index contributed by atoms with van der Waals surface area (Å²) in [6, 6.07) is 13.7. The van der Waals surface area contributed by atoms with Gasteiger partial charge < -0.3 is 0 Å². The molecule has 0 atom stereocenters. The molecule has 0 fully saturated rings. The number of benzene rings is 2. The van der Waals surface area contributed by atoms with Gasteiger partial charge in [0.25, 0.3) is 5.69 Å². The zero-order chi connectivity index (χ0) is 15.2. The fraction of sp³-hybridized carbons (Fsp3) is 0.0714. The minimum absolute atomic E-state index is 0.0563. The predicted octanol–water partition coefficient (Wildman–Crippen LogP) is 4.02. The lowest BCUT2D eigenvalue weighted by Crippen LogP contribution is -2.26. The van der Waals surface area contributed by atoms with E-state index in [4.69, 9.17) is 0 Å².